The largest absolute Gasteiger partial charge is 0.0891 e. The molecule has 2 rings (SSSR count). The van der Waals surface area contributed by atoms with Crippen molar-refractivity contribution in [2.45, 2.75) is 69.5 Å². The Hall–Kier alpha value is 0.480. The van der Waals surface area contributed by atoms with E-state index in [0.29, 0.717) is 0 Å². The quantitative estimate of drug-likeness (QED) is 0.457. The van der Waals surface area contributed by atoms with Crippen LogP contribution < -0.4 is 0 Å². The van der Waals surface area contributed by atoms with Gasteiger partial charge in [0.05, 0.1) is 0 Å². The predicted molar refractivity (Wildman–Crippen MR) is 70.4 cm³/mol. The summed E-state index contributed by atoms with van der Waals surface area (Å²) in [7, 11) is 0. The van der Waals surface area contributed by atoms with Gasteiger partial charge < -0.3 is 0 Å². The first-order valence-corrected chi connectivity index (χ1v) is 7.81. The molecule has 2 atom stereocenters. The van der Waals surface area contributed by atoms with E-state index >= 15 is 0 Å². The van der Waals surface area contributed by atoms with Gasteiger partial charge in [-0.05, 0) is 43.4 Å². The Morgan fingerprint density at radius 1 is 0.800 bits per heavy atom. The maximum atomic E-state index is 3.86. The van der Waals surface area contributed by atoms with Crippen molar-refractivity contribution in [3.63, 3.8) is 0 Å². The van der Waals surface area contributed by atoms with Gasteiger partial charge in [-0.3, -0.25) is 0 Å². The fourth-order valence-corrected chi connectivity index (χ4v) is 4.33. The summed E-state index contributed by atoms with van der Waals surface area (Å²) in [6, 6.07) is 0. The Morgan fingerprint density at radius 3 is 2.20 bits per heavy atom. The van der Waals surface area contributed by atoms with Gasteiger partial charge in [0.2, 0.25) is 0 Å². The van der Waals surface area contributed by atoms with Crippen LogP contribution in [0, 0.1) is 17.8 Å². The zero-order valence-electron chi connectivity index (χ0n) is 10.1. The van der Waals surface area contributed by atoms with Crippen LogP contribution in [0.1, 0.15) is 64.7 Å². The van der Waals surface area contributed by atoms with Crippen LogP contribution in [-0.2, 0) is 0 Å². The first kappa shape index (κ1) is 12.0. The third-order valence-electron chi connectivity index (χ3n) is 4.63. The summed E-state index contributed by atoms with van der Waals surface area (Å²) in [6.45, 7) is 2.43. The number of hydrogen-bond donors (Lipinski definition) is 0. The van der Waals surface area contributed by atoms with E-state index in [1.807, 2.05) is 0 Å². The zero-order valence-corrected chi connectivity index (χ0v) is 11.6. The SMILES string of the molecule is CC1CCC(C2CCCCC(Br)C2)CC1. The van der Waals surface area contributed by atoms with E-state index in [0.717, 1.165) is 22.6 Å². The third-order valence-corrected chi connectivity index (χ3v) is 5.46. The molecule has 0 bridgehead atoms. The maximum Gasteiger partial charge on any atom is 0.0148 e. The van der Waals surface area contributed by atoms with E-state index in [4.69, 9.17) is 0 Å². The molecule has 0 heterocycles. The van der Waals surface area contributed by atoms with Crippen LogP contribution in [0.2, 0.25) is 0 Å². The molecule has 15 heavy (non-hydrogen) atoms. The first-order chi connectivity index (χ1) is 7.25. The van der Waals surface area contributed by atoms with Crippen molar-refractivity contribution in [3.8, 4) is 0 Å². The van der Waals surface area contributed by atoms with Crippen LogP contribution in [0.15, 0.2) is 0 Å². The maximum absolute atomic E-state index is 3.86. The van der Waals surface area contributed by atoms with Gasteiger partial charge in [-0.2, -0.15) is 0 Å². The minimum atomic E-state index is 0.823. The van der Waals surface area contributed by atoms with Crippen LogP contribution in [0.3, 0.4) is 0 Å². The highest BCUT2D eigenvalue weighted by molar-refractivity contribution is 9.09. The van der Waals surface area contributed by atoms with Crippen molar-refractivity contribution in [2.75, 3.05) is 0 Å². The Balaban J connectivity index is 1.85. The van der Waals surface area contributed by atoms with E-state index in [2.05, 4.69) is 22.9 Å². The lowest BCUT2D eigenvalue weighted by Gasteiger charge is -2.33. The standard InChI is InChI=1S/C14H25Br/c1-11-6-8-12(9-7-11)13-4-2-3-5-14(15)10-13/h11-14H,2-10H2,1H3. The molecule has 0 saturated heterocycles. The van der Waals surface area contributed by atoms with Crippen molar-refractivity contribution in [3.05, 3.63) is 0 Å². The average molecular weight is 273 g/mol. The summed E-state index contributed by atoms with van der Waals surface area (Å²) in [5.74, 6) is 3.12. The smallest absolute Gasteiger partial charge is 0.0148 e. The second kappa shape index (κ2) is 5.70. The van der Waals surface area contributed by atoms with E-state index < -0.39 is 0 Å². The molecule has 2 unspecified atom stereocenters. The van der Waals surface area contributed by atoms with Crippen LogP contribution >= 0.6 is 15.9 Å². The van der Waals surface area contributed by atoms with Crippen molar-refractivity contribution in [1.82, 2.24) is 0 Å². The summed E-state index contributed by atoms with van der Waals surface area (Å²) in [4.78, 5) is 0.823. The van der Waals surface area contributed by atoms with Gasteiger partial charge in [0, 0.05) is 4.83 Å². The van der Waals surface area contributed by atoms with Crippen molar-refractivity contribution < 1.29 is 0 Å². The number of rotatable bonds is 1. The molecule has 0 aliphatic heterocycles. The van der Waals surface area contributed by atoms with Gasteiger partial charge in [0.15, 0.2) is 0 Å². The fourth-order valence-electron chi connectivity index (χ4n) is 3.52. The molecule has 2 aliphatic carbocycles. The Kier molecular flexibility index (Phi) is 4.54. The molecule has 1 heteroatoms. The summed E-state index contributed by atoms with van der Waals surface area (Å²) in [5.41, 5.74) is 0. The van der Waals surface area contributed by atoms with Crippen molar-refractivity contribution >= 4 is 15.9 Å². The molecule has 2 aliphatic rings. The number of alkyl halides is 1. The molecule has 0 aromatic heterocycles. The molecule has 2 fully saturated rings. The molecule has 88 valence electrons. The van der Waals surface area contributed by atoms with Crippen LogP contribution in [-0.4, -0.2) is 4.83 Å². The van der Waals surface area contributed by atoms with E-state index in [-0.39, 0.29) is 0 Å². The molecule has 0 N–H and O–H groups in total. The molecule has 0 amide bonds. The Bertz CT molecular complexity index is 182. The van der Waals surface area contributed by atoms with E-state index in [1.165, 1.54) is 57.8 Å². The van der Waals surface area contributed by atoms with Crippen LogP contribution in [0.25, 0.3) is 0 Å². The molecule has 0 aromatic rings. The summed E-state index contributed by atoms with van der Waals surface area (Å²) in [6.07, 6.45) is 13.4. The number of hydrogen-bond acceptors (Lipinski definition) is 0. The highest BCUT2D eigenvalue weighted by Crippen LogP contribution is 2.40. The molecule has 0 aromatic carbocycles. The van der Waals surface area contributed by atoms with Crippen LogP contribution in [0.5, 0.6) is 0 Å². The summed E-state index contributed by atoms with van der Waals surface area (Å²) >= 11 is 3.86. The monoisotopic (exact) mass is 272 g/mol. The second-order valence-corrected chi connectivity index (χ2v) is 7.19. The lowest BCUT2D eigenvalue weighted by Crippen LogP contribution is -2.22. The van der Waals surface area contributed by atoms with Gasteiger partial charge >= 0.3 is 0 Å². The number of halogens is 1. The van der Waals surface area contributed by atoms with Crippen molar-refractivity contribution in [2.24, 2.45) is 17.8 Å². The third kappa shape index (κ3) is 3.47. The van der Waals surface area contributed by atoms with Gasteiger partial charge in [-0.15, -0.1) is 0 Å². The van der Waals surface area contributed by atoms with E-state index in [1.54, 1.807) is 0 Å². The predicted octanol–water partition coefficient (Wildman–Crippen LogP) is 5.16. The van der Waals surface area contributed by atoms with E-state index in [9.17, 15) is 0 Å². The molecule has 0 spiro atoms. The first-order valence-electron chi connectivity index (χ1n) is 6.89. The van der Waals surface area contributed by atoms with Gasteiger partial charge in [-0.25, -0.2) is 0 Å². The molecule has 0 nitrogen and oxygen atoms in total. The highest BCUT2D eigenvalue weighted by atomic mass is 79.9. The average Bonchev–Trinajstić information content (AvgIpc) is 2.44. The molecule has 0 radical (unpaired) electrons. The fraction of sp³-hybridized carbons (Fsp3) is 1.00. The normalized spacial score (nSPS) is 43.6. The lowest BCUT2D eigenvalue weighted by molar-refractivity contribution is 0.197. The molecular weight excluding hydrogens is 248 g/mol. The summed E-state index contributed by atoms with van der Waals surface area (Å²) in [5, 5.41) is 0. The molecule has 2 saturated carbocycles. The Labute approximate surface area is 103 Å². The minimum absolute atomic E-state index is 0.823. The Morgan fingerprint density at radius 2 is 1.47 bits per heavy atom. The van der Waals surface area contributed by atoms with Gasteiger partial charge in [-0.1, -0.05) is 55.0 Å². The molecular formula is C14H25Br. The minimum Gasteiger partial charge on any atom is -0.0891 e. The topological polar surface area (TPSA) is 0 Å². The van der Waals surface area contributed by atoms with Crippen molar-refractivity contribution in [1.29, 1.82) is 0 Å². The summed E-state index contributed by atoms with van der Waals surface area (Å²) < 4.78 is 0. The van der Waals surface area contributed by atoms with Gasteiger partial charge in [0.25, 0.3) is 0 Å². The second-order valence-electron chi connectivity index (χ2n) is 5.90. The van der Waals surface area contributed by atoms with Crippen LogP contribution in [0.4, 0.5) is 0 Å². The lowest BCUT2D eigenvalue weighted by atomic mass is 9.74. The zero-order chi connectivity index (χ0) is 10.7. The highest BCUT2D eigenvalue weighted by Gasteiger charge is 2.28. The van der Waals surface area contributed by atoms with Gasteiger partial charge in [0.1, 0.15) is 0 Å².